The van der Waals surface area contributed by atoms with Gasteiger partial charge in [0, 0.05) is 10.6 Å². The molecule has 0 unspecified atom stereocenters. The second-order valence-corrected chi connectivity index (χ2v) is 7.25. The molecule has 1 amide bonds. The Morgan fingerprint density at radius 3 is 1.97 bits per heavy atom. The van der Waals surface area contributed by atoms with Crippen LogP contribution in [0.3, 0.4) is 0 Å². The number of benzene rings is 3. The van der Waals surface area contributed by atoms with Crippen LogP contribution in [0, 0.1) is 0 Å². The van der Waals surface area contributed by atoms with Crippen molar-refractivity contribution >= 4 is 40.8 Å². The minimum absolute atomic E-state index is 0.205. The van der Waals surface area contributed by atoms with Gasteiger partial charge in [-0.3, -0.25) is 4.79 Å². The van der Waals surface area contributed by atoms with Gasteiger partial charge in [-0.2, -0.15) is 0 Å². The van der Waals surface area contributed by atoms with Gasteiger partial charge in [0.25, 0.3) is 5.91 Å². The number of carbonyl (C=O) groups excluding carboxylic acids is 2. The molecule has 0 aromatic heterocycles. The molecule has 0 aliphatic rings. The number of amides is 1. The van der Waals surface area contributed by atoms with Gasteiger partial charge >= 0.3 is 5.97 Å². The maximum atomic E-state index is 12.6. The van der Waals surface area contributed by atoms with Crippen molar-refractivity contribution < 1.29 is 28.5 Å². The number of hydrogen-bond donors (Lipinski definition) is 1. The number of rotatable bonds is 7. The standard InChI is InChI=1S/C23H19Cl2NO6/c1-29-19-10-14(11-20(30-2)21(19)31-3)23(28)32-16-7-4-13(5-8-16)22(27)26-18-12-15(24)6-9-17(18)25/h4-12H,1-3H3,(H,26,27). The highest BCUT2D eigenvalue weighted by Gasteiger charge is 2.18. The van der Waals surface area contributed by atoms with Crippen LogP contribution in [0.1, 0.15) is 20.7 Å². The Bertz CT molecular complexity index is 1120. The number of anilines is 1. The van der Waals surface area contributed by atoms with Gasteiger partial charge in [0.1, 0.15) is 5.75 Å². The van der Waals surface area contributed by atoms with Crippen molar-refractivity contribution in [2.24, 2.45) is 0 Å². The van der Waals surface area contributed by atoms with Crippen molar-refractivity contribution in [1.29, 1.82) is 0 Å². The van der Waals surface area contributed by atoms with Crippen molar-refractivity contribution in [3.05, 3.63) is 75.8 Å². The van der Waals surface area contributed by atoms with E-state index in [1.807, 2.05) is 0 Å². The second kappa shape index (κ2) is 10.3. The van der Waals surface area contributed by atoms with E-state index in [9.17, 15) is 9.59 Å². The smallest absolute Gasteiger partial charge is 0.343 e. The van der Waals surface area contributed by atoms with Crippen LogP contribution in [0.4, 0.5) is 5.69 Å². The van der Waals surface area contributed by atoms with Crippen molar-refractivity contribution in [3.8, 4) is 23.0 Å². The Labute approximate surface area is 194 Å². The number of hydrogen-bond acceptors (Lipinski definition) is 6. The van der Waals surface area contributed by atoms with E-state index >= 15 is 0 Å². The molecule has 0 heterocycles. The van der Waals surface area contributed by atoms with Gasteiger partial charge < -0.3 is 24.3 Å². The molecule has 3 aromatic carbocycles. The Morgan fingerprint density at radius 2 is 1.41 bits per heavy atom. The molecular weight excluding hydrogens is 457 g/mol. The quantitative estimate of drug-likeness (QED) is 0.359. The summed E-state index contributed by atoms with van der Waals surface area (Å²) >= 11 is 12.0. The van der Waals surface area contributed by atoms with Gasteiger partial charge in [0.15, 0.2) is 11.5 Å². The second-order valence-electron chi connectivity index (χ2n) is 6.41. The molecule has 0 saturated heterocycles. The van der Waals surface area contributed by atoms with Crippen LogP contribution in [0.2, 0.25) is 10.0 Å². The maximum Gasteiger partial charge on any atom is 0.343 e. The Morgan fingerprint density at radius 1 is 0.781 bits per heavy atom. The van der Waals surface area contributed by atoms with E-state index in [4.69, 9.17) is 42.1 Å². The first-order chi connectivity index (χ1) is 15.4. The van der Waals surface area contributed by atoms with Crippen molar-refractivity contribution in [3.63, 3.8) is 0 Å². The van der Waals surface area contributed by atoms with Gasteiger partial charge in [-0.1, -0.05) is 23.2 Å². The normalized spacial score (nSPS) is 10.3. The lowest BCUT2D eigenvalue weighted by molar-refractivity contribution is 0.0733. The van der Waals surface area contributed by atoms with E-state index < -0.39 is 11.9 Å². The molecule has 0 saturated carbocycles. The molecule has 3 aromatic rings. The van der Waals surface area contributed by atoms with Crippen LogP contribution in [0.15, 0.2) is 54.6 Å². The average Bonchev–Trinajstić information content (AvgIpc) is 2.80. The summed E-state index contributed by atoms with van der Waals surface area (Å²) in [6.45, 7) is 0. The average molecular weight is 476 g/mol. The zero-order valence-electron chi connectivity index (χ0n) is 17.4. The first-order valence-electron chi connectivity index (χ1n) is 9.25. The lowest BCUT2D eigenvalue weighted by Crippen LogP contribution is -2.13. The fourth-order valence-corrected chi connectivity index (χ4v) is 3.16. The van der Waals surface area contributed by atoms with E-state index in [0.29, 0.717) is 38.5 Å². The zero-order valence-corrected chi connectivity index (χ0v) is 18.9. The molecule has 1 N–H and O–H groups in total. The van der Waals surface area contributed by atoms with Gasteiger partial charge in [0.2, 0.25) is 5.75 Å². The van der Waals surface area contributed by atoms with Crippen LogP contribution in [0.25, 0.3) is 0 Å². The van der Waals surface area contributed by atoms with E-state index in [1.165, 1.54) is 57.7 Å². The predicted molar refractivity (Wildman–Crippen MR) is 122 cm³/mol. The lowest BCUT2D eigenvalue weighted by Gasteiger charge is -2.13. The molecular formula is C23H19Cl2NO6. The lowest BCUT2D eigenvalue weighted by atomic mass is 10.1. The monoisotopic (exact) mass is 475 g/mol. The Balaban J connectivity index is 1.73. The minimum atomic E-state index is -0.632. The van der Waals surface area contributed by atoms with Crippen molar-refractivity contribution in [2.45, 2.75) is 0 Å². The van der Waals surface area contributed by atoms with Gasteiger partial charge in [0.05, 0.1) is 37.6 Å². The van der Waals surface area contributed by atoms with Gasteiger partial charge in [-0.05, 0) is 54.6 Å². The summed E-state index contributed by atoms with van der Waals surface area (Å²) in [6, 6.07) is 13.8. The summed E-state index contributed by atoms with van der Waals surface area (Å²) < 4.78 is 21.2. The number of carbonyl (C=O) groups is 2. The molecule has 0 fully saturated rings. The number of esters is 1. The first kappa shape index (κ1) is 23.2. The summed E-state index contributed by atoms with van der Waals surface area (Å²) in [4.78, 5) is 25.1. The predicted octanol–water partition coefficient (Wildman–Crippen LogP) is 5.49. The zero-order chi connectivity index (χ0) is 23.3. The molecule has 0 bridgehead atoms. The number of nitrogens with one attached hydrogen (secondary N) is 1. The summed E-state index contributed by atoms with van der Waals surface area (Å²) in [7, 11) is 4.37. The Kier molecular flexibility index (Phi) is 7.45. The summed E-state index contributed by atoms with van der Waals surface area (Å²) in [5.74, 6) is 0.239. The minimum Gasteiger partial charge on any atom is -0.493 e. The van der Waals surface area contributed by atoms with E-state index in [2.05, 4.69) is 5.32 Å². The molecule has 32 heavy (non-hydrogen) atoms. The largest absolute Gasteiger partial charge is 0.493 e. The molecule has 0 aliphatic carbocycles. The molecule has 0 aliphatic heterocycles. The van der Waals surface area contributed by atoms with Crippen LogP contribution in [0.5, 0.6) is 23.0 Å². The van der Waals surface area contributed by atoms with E-state index in [1.54, 1.807) is 18.2 Å². The summed E-state index contributed by atoms with van der Waals surface area (Å²) in [6.07, 6.45) is 0. The summed E-state index contributed by atoms with van der Waals surface area (Å²) in [5, 5.41) is 3.49. The third-order valence-corrected chi connectivity index (χ3v) is 4.97. The number of methoxy groups -OCH3 is 3. The molecule has 7 nitrogen and oxygen atoms in total. The maximum absolute atomic E-state index is 12.6. The highest BCUT2D eigenvalue weighted by molar-refractivity contribution is 6.35. The number of ether oxygens (including phenoxy) is 4. The fourth-order valence-electron chi connectivity index (χ4n) is 2.83. The highest BCUT2D eigenvalue weighted by Crippen LogP contribution is 2.38. The molecule has 3 rings (SSSR count). The highest BCUT2D eigenvalue weighted by atomic mass is 35.5. The van der Waals surface area contributed by atoms with Gasteiger partial charge in [-0.25, -0.2) is 4.79 Å². The van der Waals surface area contributed by atoms with E-state index in [-0.39, 0.29) is 11.3 Å². The molecule has 0 radical (unpaired) electrons. The SMILES string of the molecule is COc1cc(C(=O)Oc2ccc(C(=O)Nc3cc(Cl)ccc3Cl)cc2)cc(OC)c1OC. The van der Waals surface area contributed by atoms with Gasteiger partial charge in [-0.15, -0.1) is 0 Å². The molecule has 9 heteroatoms. The number of halogens is 2. The first-order valence-corrected chi connectivity index (χ1v) is 10.0. The fraction of sp³-hybridized carbons (Fsp3) is 0.130. The van der Waals surface area contributed by atoms with Crippen molar-refractivity contribution in [1.82, 2.24) is 0 Å². The van der Waals surface area contributed by atoms with Crippen LogP contribution in [-0.4, -0.2) is 33.2 Å². The summed E-state index contributed by atoms with van der Waals surface area (Å²) in [5.41, 5.74) is 0.938. The third-order valence-electron chi connectivity index (χ3n) is 4.40. The molecule has 0 spiro atoms. The molecule has 166 valence electrons. The third kappa shape index (κ3) is 5.25. The molecule has 0 atom stereocenters. The van der Waals surface area contributed by atoms with Crippen molar-refractivity contribution in [2.75, 3.05) is 26.6 Å². The van der Waals surface area contributed by atoms with Crippen LogP contribution < -0.4 is 24.3 Å². The Hall–Kier alpha value is -3.42. The van der Waals surface area contributed by atoms with Crippen LogP contribution in [-0.2, 0) is 0 Å². The van der Waals surface area contributed by atoms with Crippen LogP contribution >= 0.6 is 23.2 Å². The topological polar surface area (TPSA) is 83.1 Å². The van der Waals surface area contributed by atoms with E-state index in [0.717, 1.165) is 0 Å².